The standard InChI is InChI=1S/C13H17BrN2O2.ClH/c1-18-12-5-4-10(7-11(12)14)16-13(17)8-2-3-9(15)6-8;/h4-5,7-9H,2-3,6,15H2,1H3,(H,16,17);1H. The Hall–Kier alpha value is -0.780. The highest BCUT2D eigenvalue weighted by Gasteiger charge is 2.27. The van der Waals surface area contributed by atoms with Gasteiger partial charge in [0.25, 0.3) is 0 Å². The Morgan fingerprint density at radius 2 is 2.21 bits per heavy atom. The van der Waals surface area contributed by atoms with Crippen LogP contribution in [0.2, 0.25) is 0 Å². The molecule has 2 atom stereocenters. The second-order valence-corrected chi connectivity index (χ2v) is 5.46. The molecule has 3 N–H and O–H groups in total. The second-order valence-electron chi connectivity index (χ2n) is 4.61. The van der Waals surface area contributed by atoms with Crippen LogP contribution in [0.4, 0.5) is 5.69 Å². The van der Waals surface area contributed by atoms with E-state index >= 15 is 0 Å². The molecule has 0 aromatic heterocycles. The van der Waals surface area contributed by atoms with Crippen molar-refractivity contribution in [2.75, 3.05) is 12.4 Å². The van der Waals surface area contributed by atoms with Gasteiger partial charge in [-0.1, -0.05) is 0 Å². The number of ether oxygens (including phenoxy) is 1. The number of carbonyl (C=O) groups excluding carboxylic acids is 1. The summed E-state index contributed by atoms with van der Waals surface area (Å²) in [5.74, 6) is 0.844. The first-order valence-electron chi connectivity index (χ1n) is 6.00. The monoisotopic (exact) mass is 348 g/mol. The molecule has 0 bridgehead atoms. The summed E-state index contributed by atoms with van der Waals surface area (Å²) in [6.07, 6.45) is 2.60. The average Bonchev–Trinajstić information content (AvgIpc) is 2.76. The summed E-state index contributed by atoms with van der Waals surface area (Å²) in [5, 5.41) is 2.92. The minimum atomic E-state index is 0. The molecule has 0 spiro atoms. The molecular weight excluding hydrogens is 332 g/mol. The van der Waals surface area contributed by atoms with Crippen molar-refractivity contribution in [2.45, 2.75) is 25.3 Å². The van der Waals surface area contributed by atoms with Gasteiger partial charge in [-0.25, -0.2) is 0 Å². The third kappa shape index (κ3) is 4.09. The van der Waals surface area contributed by atoms with Crippen LogP contribution in [-0.2, 0) is 4.79 Å². The highest BCUT2D eigenvalue weighted by atomic mass is 79.9. The molecular formula is C13H18BrClN2O2. The highest BCUT2D eigenvalue weighted by Crippen LogP contribution is 2.29. The molecule has 0 aliphatic heterocycles. The molecule has 1 aliphatic rings. The Bertz CT molecular complexity index is 456. The number of methoxy groups -OCH3 is 1. The van der Waals surface area contributed by atoms with Gasteiger partial charge in [0.15, 0.2) is 0 Å². The number of benzene rings is 1. The summed E-state index contributed by atoms with van der Waals surface area (Å²) in [6.45, 7) is 0. The highest BCUT2D eigenvalue weighted by molar-refractivity contribution is 9.10. The topological polar surface area (TPSA) is 64.3 Å². The van der Waals surface area contributed by atoms with Gasteiger partial charge >= 0.3 is 0 Å². The summed E-state index contributed by atoms with van der Waals surface area (Å²) >= 11 is 3.39. The zero-order chi connectivity index (χ0) is 13.1. The fourth-order valence-electron chi connectivity index (χ4n) is 2.24. The maximum absolute atomic E-state index is 12.0. The van der Waals surface area contributed by atoms with Crippen LogP contribution in [0.25, 0.3) is 0 Å². The first-order chi connectivity index (χ1) is 8.60. The molecule has 106 valence electrons. The predicted octanol–water partition coefficient (Wildman–Crippen LogP) is 2.95. The van der Waals surface area contributed by atoms with Gasteiger partial charge in [-0.2, -0.15) is 0 Å². The molecule has 2 unspecified atom stereocenters. The SMILES string of the molecule is COc1ccc(NC(=O)C2CCC(N)C2)cc1Br.Cl. The number of amides is 1. The maximum atomic E-state index is 12.0. The van der Waals surface area contributed by atoms with E-state index in [1.807, 2.05) is 18.2 Å². The largest absolute Gasteiger partial charge is 0.496 e. The third-order valence-electron chi connectivity index (χ3n) is 3.26. The predicted molar refractivity (Wildman–Crippen MR) is 81.9 cm³/mol. The summed E-state index contributed by atoms with van der Waals surface area (Å²) in [4.78, 5) is 12.0. The number of hydrogen-bond acceptors (Lipinski definition) is 3. The Labute approximate surface area is 127 Å². The molecule has 4 nitrogen and oxygen atoms in total. The number of hydrogen-bond donors (Lipinski definition) is 2. The van der Waals surface area contributed by atoms with Gasteiger partial charge in [0.2, 0.25) is 5.91 Å². The second kappa shape index (κ2) is 7.12. The van der Waals surface area contributed by atoms with Gasteiger partial charge in [0, 0.05) is 17.6 Å². The molecule has 1 aromatic rings. The van der Waals surface area contributed by atoms with Crippen LogP contribution in [-0.4, -0.2) is 19.1 Å². The minimum absolute atomic E-state index is 0. The Morgan fingerprint density at radius 1 is 1.47 bits per heavy atom. The lowest BCUT2D eigenvalue weighted by atomic mass is 10.1. The van der Waals surface area contributed by atoms with Crippen molar-refractivity contribution in [3.8, 4) is 5.75 Å². The number of halogens is 2. The Balaban J connectivity index is 0.00000180. The van der Waals surface area contributed by atoms with Crippen molar-refractivity contribution in [2.24, 2.45) is 11.7 Å². The van der Waals surface area contributed by atoms with Crippen LogP contribution < -0.4 is 15.8 Å². The van der Waals surface area contributed by atoms with E-state index in [1.54, 1.807) is 7.11 Å². The average molecular weight is 350 g/mol. The smallest absolute Gasteiger partial charge is 0.227 e. The van der Waals surface area contributed by atoms with Gasteiger partial charge in [0.1, 0.15) is 5.75 Å². The van der Waals surface area contributed by atoms with Crippen molar-refractivity contribution in [1.29, 1.82) is 0 Å². The maximum Gasteiger partial charge on any atom is 0.227 e. The molecule has 1 saturated carbocycles. The molecule has 19 heavy (non-hydrogen) atoms. The van der Waals surface area contributed by atoms with Crippen LogP contribution in [0, 0.1) is 5.92 Å². The molecule has 2 rings (SSSR count). The van der Waals surface area contributed by atoms with E-state index in [9.17, 15) is 4.79 Å². The first kappa shape index (κ1) is 16.3. The van der Waals surface area contributed by atoms with Gasteiger partial charge in [0.05, 0.1) is 11.6 Å². The van der Waals surface area contributed by atoms with E-state index in [-0.39, 0.29) is 30.3 Å². The quantitative estimate of drug-likeness (QED) is 0.882. The summed E-state index contributed by atoms with van der Waals surface area (Å²) in [5.41, 5.74) is 6.59. The first-order valence-corrected chi connectivity index (χ1v) is 6.79. The molecule has 1 fully saturated rings. The van der Waals surface area contributed by atoms with Crippen molar-refractivity contribution >= 4 is 39.9 Å². The van der Waals surface area contributed by atoms with Crippen LogP contribution in [0.3, 0.4) is 0 Å². The lowest BCUT2D eigenvalue weighted by Gasteiger charge is -2.12. The summed E-state index contributed by atoms with van der Waals surface area (Å²) in [7, 11) is 1.61. The van der Waals surface area contributed by atoms with E-state index in [0.29, 0.717) is 0 Å². The molecule has 1 aliphatic carbocycles. The zero-order valence-corrected chi connectivity index (χ0v) is 13.1. The molecule has 6 heteroatoms. The van der Waals surface area contributed by atoms with Crippen LogP contribution in [0.15, 0.2) is 22.7 Å². The van der Waals surface area contributed by atoms with Gasteiger partial charge < -0.3 is 15.8 Å². The lowest BCUT2D eigenvalue weighted by Crippen LogP contribution is -2.23. The van der Waals surface area contributed by atoms with Crippen molar-refractivity contribution in [1.82, 2.24) is 0 Å². The van der Waals surface area contributed by atoms with E-state index in [1.165, 1.54) is 0 Å². The molecule has 0 heterocycles. The Morgan fingerprint density at radius 3 is 2.74 bits per heavy atom. The van der Waals surface area contributed by atoms with Crippen LogP contribution in [0.1, 0.15) is 19.3 Å². The number of nitrogens with two attached hydrogens (primary N) is 1. The fourth-order valence-corrected chi connectivity index (χ4v) is 2.78. The van der Waals surface area contributed by atoms with E-state index in [4.69, 9.17) is 10.5 Å². The summed E-state index contributed by atoms with van der Waals surface area (Å²) in [6, 6.07) is 5.66. The third-order valence-corrected chi connectivity index (χ3v) is 3.88. The van der Waals surface area contributed by atoms with E-state index < -0.39 is 0 Å². The number of rotatable bonds is 3. The normalized spacial score (nSPS) is 21.6. The van der Waals surface area contributed by atoms with Gasteiger partial charge in [-0.15, -0.1) is 12.4 Å². The molecule has 1 aromatic carbocycles. The lowest BCUT2D eigenvalue weighted by molar-refractivity contribution is -0.119. The zero-order valence-electron chi connectivity index (χ0n) is 10.7. The van der Waals surface area contributed by atoms with Crippen molar-refractivity contribution in [3.63, 3.8) is 0 Å². The molecule has 0 saturated heterocycles. The summed E-state index contributed by atoms with van der Waals surface area (Å²) < 4.78 is 5.97. The van der Waals surface area contributed by atoms with Gasteiger partial charge in [-0.3, -0.25) is 4.79 Å². The van der Waals surface area contributed by atoms with Crippen molar-refractivity contribution in [3.05, 3.63) is 22.7 Å². The minimum Gasteiger partial charge on any atom is -0.496 e. The number of carbonyl (C=O) groups is 1. The van der Waals surface area contributed by atoms with E-state index in [0.717, 1.165) is 35.2 Å². The van der Waals surface area contributed by atoms with Gasteiger partial charge in [-0.05, 0) is 53.4 Å². The Kier molecular flexibility index (Phi) is 6.10. The molecule has 1 amide bonds. The van der Waals surface area contributed by atoms with Crippen molar-refractivity contribution < 1.29 is 9.53 Å². The van der Waals surface area contributed by atoms with E-state index in [2.05, 4.69) is 21.2 Å². The number of nitrogens with one attached hydrogen (secondary N) is 1. The molecule has 0 radical (unpaired) electrons. The number of anilines is 1. The van der Waals surface area contributed by atoms with Crippen LogP contribution in [0.5, 0.6) is 5.75 Å². The fraction of sp³-hybridized carbons (Fsp3) is 0.462. The van der Waals surface area contributed by atoms with Crippen LogP contribution >= 0.6 is 28.3 Å².